The third-order valence-electron chi connectivity index (χ3n) is 3.47. The summed E-state index contributed by atoms with van der Waals surface area (Å²) in [5.41, 5.74) is 0.0766. The van der Waals surface area contributed by atoms with Crippen LogP contribution in [0.2, 0.25) is 0 Å². The standard InChI is InChI=1S/C15H13N5O4S/c21-13(16-10-3-4-11-12(8-10)24-6-5-23-11)9-19-15(22)20(18-17-19)14-2-1-7-25-14/h1-4,7-8H,5-6,9H2,(H,16,21). The zero-order valence-corrected chi connectivity index (χ0v) is 13.7. The lowest BCUT2D eigenvalue weighted by Gasteiger charge is -2.18. The van der Waals surface area contributed by atoms with Gasteiger partial charge in [-0.25, -0.2) is 4.79 Å². The maximum atomic E-state index is 12.2. The molecule has 2 aromatic heterocycles. The number of aromatic nitrogens is 4. The van der Waals surface area contributed by atoms with E-state index in [0.717, 1.165) is 9.36 Å². The quantitative estimate of drug-likeness (QED) is 0.743. The lowest BCUT2D eigenvalue weighted by atomic mass is 10.2. The Bertz CT molecular complexity index is 963. The van der Waals surface area contributed by atoms with Crippen LogP contribution in [0.5, 0.6) is 11.5 Å². The molecule has 128 valence electrons. The largest absolute Gasteiger partial charge is 0.486 e. The average molecular weight is 359 g/mol. The second-order valence-corrected chi connectivity index (χ2v) is 6.11. The Labute approximate surface area is 145 Å². The van der Waals surface area contributed by atoms with E-state index in [-0.39, 0.29) is 6.54 Å². The van der Waals surface area contributed by atoms with Crippen LogP contribution in [0.15, 0.2) is 40.5 Å². The molecule has 9 nitrogen and oxygen atoms in total. The minimum absolute atomic E-state index is 0.237. The van der Waals surface area contributed by atoms with E-state index in [1.54, 1.807) is 30.3 Å². The maximum Gasteiger partial charge on any atom is 0.369 e. The van der Waals surface area contributed by atoms with Crippen molar-refractivity contribution in [3.63, 3.8) is 0 Å². The third-order valence-corrected chi connectivity index (χ3v) is 4.32. The molecule has 4 rings (SSSR count). The lowest BCUT2D eigenvalue weighted by molar-refractivity contribution is -0.117. The predicted molar refractivity (Wildman–Crippen MR) is 89.6 cm³/mol. The number of nitrogens with zero attached hydrogens (tertiary/aromatic N) is 4. The summed E-state index contributed by atoms with van der Waals surface area (Å²) in [6.07, 6.45) is 0. The van der Waals surface area contributed by atoms with Gasteiger partial charge >= 0.3 is 5.69 Å². The summed E-state index contributed by atoms with van der Waals surface area (Å²) in [7, 11) is 0. The predicted octanol–water partition coefficient (Wildman–Crippen LogP) is 0.900. The van der Waals surface area contributed by atoms with Gasteiger partial charge in [-0.1, -0.05) is 0 Å². The van der Waals surface area contributed by atoms with Gasteiger partial charge in [-0.2, -0.15) is 9.36 Å². The molecule has 1 aliphatic rings. The van der Waals surface area contributed by atoms with Crippen LogP contribution in [0, 0.1) is 0 Å². The van der Waals surface area contributed by atoms with Gasteiger partial charge in [0.1, 0.15) is 24.8 Å². The van der Waals surface area contributed by atoms with Crippen molar-refractivity contribution in [2.45, 2.75) is 6.54 Å². The Morgan fingerprint density at radius 1 is 1.20 bits per heavy atom. The molecule has 1 aromatic carbocycles. The number of amides is 1. The second kappa shape index (κ2) is 6.40. The summed E-state index contributed by atoms with van der Waals surface area (Å²) in [5, 5.41) is 12.7. The van der Waals surface area contributed by atoms with Crippen molar-refractivity contribution >= 4 is 22.9 Å². The molecule has 0 saturated carbocycles. The highest BCUT2D eigenvalue weighted by Crippen LogP contribution is 2.32. The van der Waals surface area contributed by atoms with Crippen LogP contribution in [-0.2, 0) is 11.3 Å². The highest BCUT2D eigenvalue weighted by molar-refractivity contribution is 7.12. The molecule has 10 heteroatoms. The van der Waals surface area contributed by atoms with E-state index in [9.17, 15) is 9.59 Å². The topological polar surface area (TPSA) is 100 Å². The third kappa shape index (κ3) is 3.11. The molecule has 1 N–H and O–H groups in total. The van der Waals surface area contributed by atoms with Crippen LogP contribution in [0.4, 0.5) is 5.69 Å². The van der Waals surface area contributed by atoms with E-state index in [1.165, 1.54) is 11.3 Å². The molecule has 3 heterocycles. The monoisotopic (exact) mass is 359 g/mol. The fourth-order valence-electron chi connectivity index (χ4n) is 2.36. The van der Waals surface area contributed by atoms with E-state index in [4.69, 9.17) is 9.47 Å². The van der Waals surface area contributed by atoms with Crippen molar-refractivity contribution in [1.82, 2.24) is 19.8 Å². The van der Waals surface area contributed by atoms with Crippen molar-refractivity contribution in [3.05, 3.63) is 46.2 Å². The van der Waals surface area contributed by atoms with Gasteiger partial charge in [-0.15, -0.1) is 11.3 Å². The number of anilines is 1. The number of fused-ring (bicyclic) bond motifs is 1. The van der Waals surface area contributed by atoms with Crippen molar-refractivity contribution in [2.75, 3.05) is 18.5 Å². The van der Waals surface area contributed by atoms with Gasteiger partial charge in [0.25, 0.3) is 0 Å². The molecular weight excluding hydrogens is 346 g/mol. The summed E-state index contributed by atoms with van der Waals surface area (Å²) in [4.78, 5) is 24.4. The number of hydrogen-bond donors (Lipinski definition) is 1. The van der Waals surface area contributed by atoms with Gasteiger partial charge in [0, 0.05) is 11.8 Å². The van der Waals surface area contributed by atoms with E-state index in [2.05, 4.69) is 15.7 Å². The molecule has 0 bridgehead atoms. The Balaban J connectivity index is 1.47. The van der Waals surface area contributed by atoms with Gasteiger partial charge in [0.15, 0.2) is 11.5 Å². The molecule has 1 aliphatic heterocycles. The van der Waals surface area contributed by atoms with Gasteiger partial charge in [0.05, 0.1) is 0 Å². The van der Waals surface area contributed by atoms with Gasteiger partial charge in [-0.05, 0) is 40.1 Å². The number of benzene rings is 1. The molecule has 3 aromatic rings. The molecule has 0 atom stereocenters. The smallest absolute Gasteiger partial charge is 0.369 e. The van der Waals surface area contributed by atoms with Crippen LogP contribution in [0.25, 0.3) is 5.00 Å². The Hall–Kier alpha value is -3.14. The van der Waals surface area contributed by atoms with Gasteiger partial charge < -0.3 is 14.8 Å². The van der Waals surface area contributed by atoms with Crippen molar-refractivity contribution in [1.29, 1.82) is 0 Å². The van der Waals surface area contributed by atoms with Crippen molar-refractivity contribution < 1.29 is 14.3 Å². The summed E-state index contributed by atoms with van der Waals surface area (Å²) in [6, 6.07) is 8.66. The van der Waals surface area contributed by atoms with E-state index in [1.807, 2.05) is 5.38 Å². The van der Waals surface area contributed by atoms with Crippen molar-refractivity contribution in [3.8, 4) is 16.5 Å². The highest BCUT2D eigenvalue weighted by atomic mass is 32.1. The summed E-state index contributed by atoms with van der Waals surface area (Å²) in [5.74, 6) is 0.821. The van der Waals surface area contributed by atoms with E-state index >= 15 is 0 Å². The number of tetrazole rings is 1. The second-order valence-electron chi connectivity index (χ2n) is 5.19. The van der Waals surface area contributed by atoms with Crippen molar-refractivity contribution in [2.24, 2.45) is 0 Å². The number of carbonyl (C=O) groups excluding carboxylic acids is 1. The summed E-state index contributed by atoms with van der Waals surface area (Å²) < 4.78 is 13.1. The lowest BCUT2D eigenvalue weighted by Crippen LogP contribution is -2.29. The summed E-state index contributed by atoms with van der Waals surface area (Å²) in [6.45, 7) is 0.728. The van der Waals surface area contributed by atoms with Crippen LogP contribution in [-0.4, -0.2) is 38.9 Å². The normalized spacial score (nSPS) is 12.8. The first kappa shape index (κ1) is 15.4. The Morgan fingerprint density at radius 3 is 2.84 bits per heavy atom. The van der Waals surface area contributed by atoms with Crippen LogP contribution in [0.3, 0.4) is 0 Å². The summed E-state index contributed by atoms with van der Waals surface area (Å²) >= 11 is 1.36. The SMILES string of the molecule is O=C(Cn1nnn(-c2cccs2)c1=O)Nc1ccc2c(c1)OCCO2. The molecule has 0 aliphatic carbocycles. The first-order chi connectivity index (χ1) is 12.2. The minimum Gasteiger partial charge on any atom is -0.486 e. The van der Waals surface area contributed by atoms with E-state index in [0.29, 0.717) is 35.4 Å². The number of hydrogen-bond acceptors (Lipinski definition) is 7. The highest BCUT2D eigenvalue weighted by Gasteiger charge is 2.15. The zero-order chi connectivity index (χ0) is 17.2. The number of ether oxygens (including phenoxy) is 2. The molecule has 0 unspecified atom stereocenters. The molecule has 25 heavy (non-hydrogen) atoms. The first-order valence-corrected chi connectivity index (χ1v) is 8.35. The number of carbonyl (C=O) groups is 1. The van der Waals surface area contributed by atoms with Crippen LogP contribution in [0.1, 0.15) is 0 Å². The Kier molecular flexibility index (Phi) is 3.94. The minimum atomic E-state index is -0.472. The number of nitrogens with one attached hydrogen (secondary N) is 1. The van der Waals surface area contributed by atoms with Gasteiger partial charge in [-0.3, -0.25) is 4.79 Å². The first-order valence-electron chi connectivity index (χ1n) is 7.47. The maximum absolute atomic E-state index is 12.2. The molecule has 0 spiro atoms. The molecule has 0 saturated heterocycles. The van der Waals surface area contributed by atoms with Crippen LogP contribution < -0.4 is 20.5 Å². The molecule has 0 radical (unpaired) electrons. The molecular formula is C15H13N5O4S. The fourth-order valence-corrected chi connectivity index (χ4v) is 3.03. The fraction of sp³-hybridized carbons (Fsp3) is 0.200. The Morgan fingerprint density at radius 2 is 2.04 bits per heavy atom. The molecule has 0 fully saturated rings. The van der Waals surface area contributed by atoms with Gasteiger partial charge in [0.2, 0.25) is 5.91 Å². The number of rotatable bonds is 4. The average Bonchev–Trinajstić information content (AvgIpc) is 3.25. The number of thiophene rings is 1. The molecule has 1 amide bonds. The zero-order valence-electron chi connectivity index (χ0n) is 12.9. The van der Waals surface area contributed by atoms with Crippen LogP contribution >= 0.6 is 11.3 Å². The van der Waals surface area contributed by atoms with E-state index < -0.39 is 11.6 Å².